The Hall–Kier alpha value is -4.81. The fourth-order valence-electron chi connectivity index (χ4n) is 4.16. The minimum atomic E-state index is -4.26. The van der Waals surface area contributed by atoms with E-state index in [1.165, 1.54) is 12.4 Å². The van der Waals surface area contributed by atoms with Crippen molar-refractivity contribution in [2.24, 2.45) is 9.55 Å². The van der Waals surface area contributed by atoms with Gasteiger partial charge in [-0.1, -0.05) is 16.9 Å². The monoisotopic (exact) mass is 715 g/mol. The maximum absolute atomic E-state index is 13.3. The maximum atomic E-state index is 13.3. The van der Waals surface area contributed by atoms with E-state index >= 15 is 0 Å². The Morgan fingerprint density at radius 1 is 1.33 bits per heavy atom. The van der Waals surface area contributed by atoms with Crippen LogP contribution in [0.5, 0.6) is 5.75 Å². The van der Waals surface area contributed by atoms with E-state index in [1.54, 1.807) is 4.72 Å². The fourth-order valence-corrected chi connectivity index (χ4v) is 8.23. The minimum Gasteiger partial charge on any atom is -0.503 e. The van der Waals surface area contributed by atoms with Crippen LogP contribution in [0.2, 0.25) is 0 Å². The average Bonchev–Trinajstić information content (AvgIpc) is 3.42. The molecule has 2 aromatic rings. The number of anilines is 1. The number of thiazole rings is 1. The van der Waals surface area contributed by atoms with E-state index in [9.17, 15) is 47.8 Å². The first-order valence-electron chi connectivity index (χ1n) is 12.5. The van der Waals surface area contributed by atoms with Crippen molar-refractivity contribution in [2.45, 2.75) is 18.0 Å². The van der Waals surface area contributed by atoms with Gasteiger partial charge >= 0.3 is 22.2 Å². The molecule has 24 heteroatoms. The molecule has 3 aliphatic heterocycles. The third kappa shape index (κ3) is 6.44. The minimum absolute atomic E-state index is 0.0243. The molecule has 4 amide bonds. The first-order chi connectivity index (χ1) is 21.7. The number of β-lactam (4-membered cyclic amide) rings is 1. The normalized spacial score (nSPS) is 20.8. The van der Waals surface area contributed by atoms with Crippen LogP contribution in [-0.2, 0) is 36.0 Å². The second-order valence-electron chi connectivity index (χ2n) is 9.37. The number of amidine groups is 1. The number of aromatic hydroxyl groups is 1. The molecule has 0 saturated carbocycles. The summed E-state index contributed by atoms with van der Waals surface area (Å²) in [5.41, 5.74) is 4.21. The van der Waals surface area contributed by atoms with Crippen LogP contribution in [0.4, 0.5) is 9.93 Å². The number of urea groups is 1. The Morgan fingerprint density at radius 3 is 2.74 bits per heavy atom. The van der Waals surface area contributed by atoms with E-state index in [-0.39, 0.29) is 44.5 Å². The third-order valence-corrected chi connectivity index (χ3v) is 10.4. The number of aromatic nitrogens is 2. The lowest BCUT2D eigenvalue weighted by Gasteiger charge is -2.49. The number of nitrogens with two attached hydrogens (primary N) is 1. The van der Waals surface area contributed by atoms with E-state index in [0.29, 0.717) is 4.73 Å². The van der Waals surface area contributed by atoms with E-state index < -0.39 is 68.9 Å². The Morgan fingerprint density at radius 2 is 2.07 bits per heavy atom. The number of nitrogen functional groups attached to an aromatic ring is 1. The molecule has 5 rings (SSSR count). The van der Waals surface area contributed by atoms with Crippen molar-refractivity contribution >= 4 is 84.9 Å². The SMILES string of the molecule is CN1C(=O)NS(=O)(=O)N=C1SCC1=C(C(=O)O)N2C(=O)[C@@H](NC(=O)C(=NOCc3cc(=O)c(O)cn3O)c3csc(N)n3)[C@H]2SC1. The van der Waals surface area contributed by atoms with Crippen molar-refractivity contribution in [3.05, 3.63) is 50.5 Å². The molecule has 2 aromatic heterocycles. The van der Waals surface area contributed by atoms with Gasteiger partial charge in [-0.05, 0) is 5.57 Å². The molecule has 46 heavy (non-hydrogen) atoms. The summed E-state index contributed by atoms with van der Waals surface area (Å²) >= 11 is 2.91. The molecular formula is C22H21N9O11S4. The highest BCUT2D eigenvalue weighted by molar-refractivity contribution is 8.14. The Bertz CT molecular complexity index is 1920. The molecule has 0 bridgehead atoms. The van der Waals surface area contributed by atoms with Gasteiger partial charge in [-0.2, -0.15) is 13.1 Å². The number of carbonyl (C=O) groups excluding carboxylic acids is 3. The van der Waals surface area contributed by atoms with Gasteiger partial charge in [0, 0.05) is 30.0 Å². The van der Waals surface area contributed by atoms with Crippen LogP contribution >= 0.6 is 34.9 Å². The van der Waals surface area contributed by atoms with Crippen LogP contribution < -0.4 is 21.2 Å². The Labute approximate surface area is 269 Å². The van der Waals surface area contributed by atoms with E-state index in [2.05, 4.69) is 19.9 Å². The van der Waals surface area contributed by atoms with E-state index in [1.807, 2.05) is 0 Å². The molecule has 0 radical (unpaired) electrons. The molecule has 1 saturated heterocycles. The lowest BCUT2D eigenvalue weighted by atomic mass is 10.0. The zero-order valence-corrected chi connectivity index (χ0v) is 26.3. The number of hydrogen-bond acceptors (Lipinski definition) is 16. The molecule has 0 spiro atoms. The van der Waals surface area contributed by atoms with Crippen LogP contribution in [0.3, 0.4) is 0 Å². The van der Waals surface area contributed by atoms with Crippen molar-refractivity contribution < 1.29 is 47.9 Å². The second-order valence-corrected chi connectivity index (χ2v) is 13.6. The lowest BCUT2D eigenvalue weighted by molar-refractivity contribution is -0.150. The van der Waals surface area contributed by atoms with E-state index in [4.69, 9.17) is 10.6 Å². The quantitative estimate of drug-likeness (QED) is 0.0744. The van der Waals surface area contributed by atoms with Crippen LogP contribution in [0, 0.1) is 0 Å². The summed E-state index contributed by atoms with van der Waals surface area (Å²) in [4.78, 5) is 73.4. The largest absolute Gasteiger partial charge is 0.503 e. The number of hydrogen-bond donors (Lipinski definition) is 6. The molecule has 0 aliphatic carbocycles. The van der Waals surface area contributed by atoms with Gasteiger partial charge in [0.2, 0.25) is 5.43 Å². The summed E-state index contributed by atoms with van der Waals surface area (Å²) in [6.07, 6.45) is 0.741. The van der Waals surface area contributed by atoms with Gasteiger partial charge in [0.1, 0.15) is 28.5 Å². The van der Waals surface area contributed by atoms with Gasteiger partial charge in [-0.3, -0.25) is 24.2 Å². The number of aliphatic carboxylic acids is 1. The molecule has 0 aromatic carbocycles. The van der Waals surface area contributed by atoms with Crippen LogP contribution in [0.25, 0.3) is 0 Å². The maximum Gasteiger partial charge on any atom is 0.352 e. The van der Waals surface area contributed by atoms with E-state index in [0.717, 1.165) is 56.9 Å². The Kier molecular flexibility index (Phi) is 8.87. The zero-order valence-electron chi connectivity index (χ0n) is 23.0. The summed E-state index contributed by atoms with van der Waals surface area (Å²) in [5, 5.41) is 35.9. The molecule has 20 nitrogen and oxygen atoms in total. The predicted molar refractivity (Wildman–Crippen MR) is 162 cm³/mol. The molecule has 2 atom stereocenters. The molecule has 244 valence electrons. The number of amides is 4. The standard InChI is InChI=1S/C22H21N9O11S4/c1-29-21(38)27-46(40,41)28-22(29)45-6-8-5-43-18-14(17(35)31(18)15(8)19(36)37)25-16(34)13(10-7-44-20(23)24-10)26-42-4-9-2-11(32)12(33)3-30(9)39/h2-3,7,14,18,33,39H,4-6H2,1H3,(H2,23,24)(H,25,34)(H,27,38)(H,36,37)/t14-,18-/m1/s1. The molecule has 7 N–H and O–H groups in total. The molecule has 3 aliphatic rings. The first kappa shape index (κ1) is 32.6. The molecule has 5 heterocycles. The molecule has 1 fully saturated rings. The number of nitrogens with zero attached hydrogens (tertiary/aromatic N) is 6. The third-order valence-electron chi connectivity index (χ3n) is 6.35. The smallest absolute Gasteiger partial charge is 0.352 e. The summed E-state index contributed by atoms with van der Waals surface area (Å²) in [7, 11) is -2.98. The highest BCUT2D eigenvalue weighted by Gasteiger charge is 2.54. The summed E-state index contributed by atoms with van der Waals surface area (Å²) in [6.45, 7) is -0.524. The van der Waals surface area contributed by atoms with Crippen molar-refractivity contribution in [3.8, 4) is 5.75 Å². The van der Waals surface area contributed by atoms with Gasteiger partial charge in [0.05, 0.1) is 6.20 Å². The van der Waals surface area contributed by atoms with Gasteiger partial charge in [0.15, 0.2) is 28.4 Å². The number of carboxylic acid groups (broad SMARTS) is 1. The first-order valence-corrected chi connectivity index (χ1v) is 16.8. The number of carbonyl (C=O) groups is 4. The van der Waals surface area contributed by atoms with Gasteiger partial charge in [-0.25, -0.2) is 19.3 Å². The summed E-state index contributed by atoms with van der Waals surface area (Å²) in [6, 6.07) is -1.25. The zero-order chi connectivity index (χ0) is 33.5. The molecule has 0 unspecified atom stereocenters. The number of thioether (sulfide) groups is 2. The van der Waals surface area contributed by atoms with Gasteiger partial charge in [0.25, 0.3) is 11.8 Å². The predicted octanol–water partition coefficient (Wildman–Crippen LogP) is -1.52. The summed E-state index contributed by atoms with van der Waals surface area (Å²) in [5.74, 6) is -3.88. The topological polar surface area (TPSA) is 289 Å². The van der Waals surface area contributed by atoms with Crippen molar-refractivity contribution in [3.63, 3.8) is 0 Å². The number of carboxylic acids is 1. The van der Waals surface area contributed by atoms with Crippen LogP contribution in [0.1, 0.15) is 11.4 Å². The number of oxime groups is 1. The van der Waals surface area contributed by atoms with Crippen molar-refractivity contribution in [1.29, 1.82) is 0 Å². The number of rotatable bonds is 9. The van der Waals surface area contributed by atoms with Crippen molar-refractivity contribution in [2.75, 3.05) is 24.3 Å². The average molecular weight is 716 g/mol. The van der Waals surface area contributed by atoms with Gasteiger partial charge < -0.3 is 31.3 Å². The number of nitrogens with one attached hydrogen (secondary N) is 2. The highest BCUT2D eigenvalue weighted by Crippen LogP contribution is 2.41. The van der Waals surface area contributed by atoms with Crippen LogP contribution in [0.15, 0.2) is 43.3 Å². The lowest BCUT2D eigenvalue weighted by Crippen LogP contribution is -2.71. The highest BCUT2D eigenvalue weighted by atomic mass is 32.2. The molecular weight excluding hydrogens is 695 g/mol. The van der Waals surface area contributed by atoms with Crippen LogP contribution in [-0.4, -0.2) is 108 Å². The number of pyridine rings is 1. The summed E-state index contributed by atoms with van der Waals surface area (Å²) < 4.78 is 29.2. The second kappa shape index (κ2) is 12.5. The fraction of sp³-hybridized carbons (Fsp3) is 0.273. The van der Waals surface area contributed by atoms with Crippen molar-refractivity contribution in [1.82, 2.24) is 29.6 Å². The van der Waals surface area contributed by atoms with Gasteiger partial charge in [-0.15, -0.1) is 27.5 Å². The Balaban J connectivity index is 1.31. The number of fused-ring (bicyclic) bond motifs is 1.